The molecule has 3 nitrogen and oxygen atoms in total. The van der Waals surface area contributed by atoms with Crippen molar-refractivity contribution >= 4 is 6.16 Å². The molecule has 2 rings (SSSR count). The molecule has 3 heteroatoms. The van der Waals surface area contributed by atoms with Crippen LogP contribution in [0.25, 0.3) is 0 Å². The highest BCUT2D eigenvalue weighted by molar-refractivity contribution is 5.60. The van der Waals surface area contributed by atoms with Crippen molar-refractivity contribution < 1.29 is 14.3 Å². The van der Waals surface area contributed by atoms with Crippen LogP contribution in [0.4, 0.5) is 4.79 Å². The molecule has 0 aliphatic heterocycles. The first-order valence-electron chi connectivity index (χ1n) is 5.86. The number of carbonyl (C=O) groups excluding carboxylic acids is 1. The third-order valence-corrected chi connectivity index (χ3v) is 2.81. The lowest BCUT2D eigenvalue weighted by atomic mass is 9.96. The van der Waals surface area contributed by atoms with Gasteiger partial charge in [0.1, 0.15) is 6.10 Å². The van der Waals surface area contributed by atoms with Crippen molar-refractivity contribution in [2.45, 2.75) is 25.4 Å². The van der Waals surface area contributed by atoms with E-state index in [9.17, 15) is 4.79 Å². The Morgan fingerprint density at radius 1 is 1.35 bits per heavy atom. The Kier molecular flexibility index (Phi) is 3.81. The number of rotatable bonds is 3. The van der Waals surface area contributed by atoms with E-state index in [0.717, 1.165) is 12.0 Å². The van der Waals surface area contributed by atoms with Crippen LogP contribution in [0.3, 0.4) is 0 Å². The van der Waals surface area contributed by atoms with E-state index in [-0.39, 0.29) is 12.0 Å². The molecule has 0 saturated heterocycles. The molecule has 2 atom stereocenters. The Hall–Kier alpha value is -1.77. The summed E-state index contributed by atoms with van der Waals surface area (Å²) < 4.78 is 10.1. The molecule has 1 aromatic carbocycles. The van der Waals surface area contributed by atoms with Crippen molar-refractivity contribution in [2.24, 2.45) is 0 Å². The lowest BCUT2D eigenvalue weighted by Crippen LogP contribution is -2.22. The second-order valence-corrected chi connectivity index (χ2v) is 3.94. The van der Waals surface area contributed by atoms with Crippen LogP contribution in [0.2, 0.25) is 0 Å². The molecule has 0 saturated carbocycles. The molecular weight excluding hydrogens is 216 g/mol. The standard InChI is InChI=1S/C14H16O3/c1-2-16-14(15)17-13-10-6-9-12(13)11-7-4-3-5-8-11/h3-9,12-13H,2,10H2,1H3/t12-,13+/m0/s1. The lowest BCUT2D eigenvalue weighted by molar-refractivity contribution is 0.0253. The van der Waals surface area contributed by atoms with Crippen LogP contribution < -0.4 is 0 Å². The number of benzene rings is 1. The van der Waals surface area contributed by atoms with E-state index in [1.165, 1.54) is 0 Å². The summed E-state index contributed by atoms with van der Waals surface area (Å²) >= 11 is 0. The average molecular weight is 232 g/mol. The Bertz CT molecular complexity index is 397. The van der Waals surface area contributed by atoms with E-state index in [4.69, 9.17) is 9.47 Å². The zero-order chi connectivity index (χ0) is 12.1. The van der Waals surface area contributed by atoms with Crippen molar-refractivity contribution in [2.75, 3.05) is 6.61 Å². The van der Waals surface area contributed by atoms with E-state index >= 15 is 0 Å². The Morgan fingerprint density at radius 2 is 2.12 bits per heavy atom. The van der Waals surface area contributed by atoms with Gasteiger partial charge in [0.05, 0.1) is 6.61 Å². The van der Waals surface area contributed by atoms with Gasteiger partial charge in [0.2, 0.25) is 0 Å². The summed E-state index contributed by atoms with van der Waals surface area (Å²) in [5.41, 5.74) is 1.16. The molecule has 0 aromatic heterocycles. The van der Waals surface area contributed by atoms with Gasteiger partial charge in [-0.2, -0.15) is 0 Å². The van der Waals surface area contributed by atoms with Crippen molar-refractivity contribution in [1.82, 2.24) is 0 Å². The summed E-state index contributed by atoms with van der Waals surface area (Å²) in [5.74, 6) is 0.139. The second kappa shape index (κ2) is 5.53. The van der Waals surface area contributed by atoms with Crippen LogP contribution in [-0.4, -0.2) is 18.9 Å². The van der Waals surface area contributed by atoms with Gasteiger partial charge in [-0.25, -0.2) is 4.79 Å². The van der Waals surface area contributed by atoms with E-state index in [0.29, 0.717) is 6.61 Å². The normalized spacial score (nSPS) is 22.4. The summed E-state index contributed by atoms with van der Waals surface area (Å²) in [6.45, 7) is 2.11. The Labute approximate surface area is 101 Å². The smallest absolute Gasteiger partial charge is 0.435 e. The molecule has 90 valence electrons. The molecule has 0 heterocycles. The van der Waals surface area contributed by atoms with Gasteiger partial charge in [-0.1, -0.05) is 42.5 Å². The lowest BCUT2D eigenvalue weighted by Gasteiger charge is -2.19. The fourth-order valence-electron chi connectivity index (χ4n) is 2.03. The monoisotopic (exact) mass is 232 g/mol. The molecule has 0 spiro atoms. The Balaban J connectivity index is 2.02. The van der Waals surface area contributed by atoms with Crippen molar-refractivity contribution in [1.29, 1.82) is 0 Å². The Morgan fingerprint density at radius 3 is 2.82 bits per heavy atom. The fraction of sp³-hybridized carbons (Fsp3) is 0.357. The minimum absolute atomic E-state index is 0.139. The maximum atomic E-state index is 11.3. The van der Waals surface area contributed by atoms with E-state index in [2.05, 4.69) is 6.08 Å². The largest absolute Gasteiger partial charge is 0.508 e. The van der Waals surface area contributed by atoms with Crippen LogP contribution in [0.1, 0.15) is 24.8 Å². The highest BCUT2D eigenvalue weighted by atomic mass is 16.7. The summed E-state index contributed by atoms with van der Waals surface area (Å²) in [5, 5.41) is 0. The van der Waals surface area contributed by atoms with Crippen molar-refractivity contribution in [3.63, 3.8) is 0 Å². The van der Waals surface area contributed by atoms with E-state index in [1.54, 1.807) is 6.92 Å². The van der Waals surface area contributed by atoms with Crippen LogP contribution >= 0.6 is 0 Å². The number of hydrogen-bond donors (Lipinski definition) is 0. The quantitative estimate of drug-likeness (QED) is 0.592. The predicted molar refractivity (Wildman–Crippen MR) is 64.8 cm³/mol. The average Bonchev–Trinajstić information content (AvgIpc) is 2.78. The molecule has 1 aromatic rings. The summed E-state index contributed by atoms with van der Waals surface area (Å²) in [7, 11) is 0. The summed E-state index contributed by atoms with van der Waals surface area (Å²) in [4.78, 5) is 11.3. The predicted octanol–water partition coefficient (Wildman–Crippen LogP) is 3.27. The first kappa shape index (κ1) is 11.7. The second-order valence-electron chi connectivity index (χ2n) is 3.94. The van der Waals surface area contributed by atoms with Gasteiger partial charge < -0.3 is 9.47 Å². The van der Waals surface area contributed by atoms with Crippen LogP contribution in [0.5, 0.6) is 0 Å². The molecule has 0 fully saturated rings. The zero-order valence-electron chi connectivity index (χ0n) is 9.84. The molecular formula is C14H16O3. The summed E-state index contributed by atoms with van der Waals surface area (Å²) in [6, 6.07) is 10.0. The SMILES string of the molecule is CCOC(=O)O[C@@H]1CC=C[C@H]1c1ccccc1. The molecule has 0 N–H and O–H groups in total. The van der Waals surface area contributed by atoms with Gasteiger partial charge in [-0.05, 0) is 12.5 Å². The van der Waals surface area contributed by atoms with Crippen molar-refractivity contribution in [3.05, 3.63) is 48.0 Å². The molecule has 1 aliphatic rings. The fourth-order valence-corrected chi connectivity index (χ4v) is 2.03. The first-order valence-corrected chi connectivity index (χ1v) is 5.86. The van der Waals surface area contributed by atoms with Gasteiger partial charge in [0, 0.05) is 12.3 Å². The summed E-state index contributed by atoms with van der Waals surface area (Å²) in [6.07, 6.45) is 4.15. The van der Waals surface area contributed by atoms with Gasteiger partial charge >= 0.3 is 6.16 Å². The highest BCUT2D eigenvalue weighted by Crippen LogP contribution is 2.31. The van der Waals surface area contributed by atoms with Crippen LogP contribution in [0.15, 0.2) is 42.5 Å². The molecule has 0 bridgehead atoms. The minimum Gasteiger partial charge on any atom is -0.435 e. The van der Waals surface area contributed by atoms with Gasteiger partial charge in [0.25, 0.3) is 0 Å². The third kappa shape index (κ3) is 2.87. The minimum atomic E-state index is -0.581. The van der Waals surface area contributed by atoms with E-state index in [1.807, 2.05) is 36.4 Å². The maximum Gasteiger partial charge on any atom is 0.508 e. The number of hydrogen-bond acceptors (Lipinski definition) is 3. The molecule has 0 unspecified atom stereocenters. The number of ether oxygens (including phenoxy) is 2. The van der Waals surface area contributed by atoms with Crippen LogP contribution in [0, 0.1) is 0 Å². The third-order valence-electron chi connectivity index (χ3n) is 2.81. The molecule has 0 radical (unpaired) electrons. The van der Waals surface area contributed by atoms with Crippen LogP contribution in [-0.2, 0) is 9.47 Å². The number of carbonyl (C=O) groups is 1. The van der Waals surface area contributed by atoms with Gasteiger partial charge in [0.15, 0.2) is 0 Å². The van der Waals surface area contributed by atoms with Crippen molar-refractivity contribution in [3.8, 4) is 0 Å². The van der Waals surface area contributed by atoms with Gasteiger partial charge in [-0.3, -0.25) is 0 Å². The topological polar surface area (TPSA) is 35.5 Å². The van der Waals surface area contributed by atoms with Gasteiger partial charge in [-0.15, -0.1) is 0 Å². The maximum absolute atomic E-state index is 11.3. The molecule has 1 aliphatic carbocycles. The molecule has 17 heavy (non-hydrogen) atoms. The molecule has 0 amide bonds. The van der Waals surface area contributed by atoms with E-state index < -0.39 is 6.16 Å². The zero-order valence-corrected chi connectivity index (χ0v) is 9.84. The highest BCUT2D eigenvalue weighted by Gasteiger charge is 2.28. The first-order chi connectivity index (χ1) is 8.31.